The van der Waals surface area contributed by atoms with Crippen molar-refractivity contribution in [1.29, 1.82) is 0 Å². The summed E-state index contributed by atoms with van der Waals surface area (Å²) in [5, 5.41) is 13.8. The Morgan fingerprint density at radius 2 is 2.09 bits per heavy atom. The van der Waals surface area contributed by atoms with Crippen molar-refractivity contribution in [3.63, 3.8) is 0 Å². The summed E-state index contributed by atoms with van der Waals surface area (Å²) < 4.78 is 10.9. The van der Waals surface area contributed by atoms with E-state index in [1.54, 1.807) is 0 Å². The van der Waals surface area contributed by atoms with Crippen LogP contribution in [0.1, 0.15) is 55.1 Å². The van der Waals surface area contributed by atoms with Gasteiger partial charge in [-0.3, -0.25) is 0 Å². The van der Waals surface area contributed by atoms with Crippen molar-refractivity contribution in [2.75, 3.05) is 0 Å². The molecule has 1 saturated carbocycles. The van der Waals surface area contributed by atoms with E-state index in [1.165, 1.54) is 16.7 Å². The topological polar surface area (TPSA) is 71.3 Å². The SMILES string of the molecule is CC#C[C@@]1(O)CC[C@@]2(Cc3ccccc3)c3ccc(OCc4nc(=S)o[nH]4)cc3CC[C@@H]2C1. The average molecular weight is 461 g/mol. The van der Waals surface area contributed by atoms with Crippen LogP contribution in [0.4, 0.5) is 0 Å². The Kier molecular flexibility index (Phi) is 5.86. The highest BCUT2D eigenvalue weighted by molar-refractivity contribution is 7.71. The largest absolute Gasteiger partial charge is 0.486 e. The molecule has 0 amide bonds. The smallest absolute Gasteiger partial charge is 0.314 e. The molecule has 33 heavy (non-hydrogen) atoms. The molecule has 170 valence electrons. The molecular weight excluding hydrogens is 432 g/mol. The first-order valence-electron chi connectivity index (χ1n) is 11.5. The van der Waals surface area contributed by atoms with Crippen LogP contribution in [-0.2, 0) is 24.9 Å². The van der Waals surface area contributed by atoms with E-state index >= 15 is 0 Å². The molecule has 5 rings (SSSR count). The second-order valence-electron chi connectivity index (χ2n) is 9.30. The first-order valence-corrected chi connectivity index (χ1v) is 11.9. The zero-order valence-electron chi connectivity index (χ0n) is 18.8. The molecule has 2 N–H and O–H groups in total. The highest BCUT2D eigenvalue weighted by Gasteiger charge is 2.51. The Morgan fingerprint density at radius 3 is 2.85 bits per heavy atom. The first kappa shape index (κ1) is 21.9. The molecule has 0 unspecified atom stereocenters. The molecule has 0 radical (unpaired) electrons. The minimum absolute atomic E-state index is 0.00770. The fourth-order valence-corrected chi connectivity index (χ4v) is 6.01. The Morgan fingerprint density at radius 1 is 1.24 bits per heavy atom. The molecule has 2 aliphatic carbocycles. The van der Waals surface area contributed by atoms with E-state index in [2.05, 4.69) is 70.5 Å². The molecule has 3 aromatic rings. The van der Waals surface area contributed by atoms with Crippen LogP contribution >= 0.6 is 12.2 Å². The molecule has 2 aliphatic rings. The lowest BCUT2D eigenvalue weighted by Gasteiger charge is -2.52. The fourth-order valence-electron chi connectivity index (χ4n) is 5.86. The molecule has 1 fully saturated rings. The van der Waals surface area contributed by atoms with Gasteiger partial charge in [-0.05, 0) is 92.4 Å². The molecule has 0 saturated heterocycles. The number of aryl methyl sites for hydroxylation is 1. The highest BCUT2D eigenvalue weighted by Crippen LogP contribution is 2.54. The van der Waals surface area contributed by atoms with Gasteiger partial charge < -0.3 is 14.4 Å². The quantitative estimate of drug-likeness (QED) is 0.400. The predicted molar refractivity (Wildman–Crippen MR) is 128 cm³/mol. The van der Waals surface area contributed by atoms with E-state index in [0.717, 1.165) is 37.9 Å². The standard InChI is InChI=1S/C27H28N2O3S/c1-2-12-26(30)13-14-27(16-19-6-4-3-5-7-19)21(17-26)9-8-20-15-22(10-11-23(20)27)31-18-24-28-25(33)32-29-24/h3-7,10-11,15,21,30H,8-9,13-14,16-18H2,1H3,(H,28,29,33)/t21-,26-,27+/m1/s1. The molecule has 2 aromatic carbocycles. The third-order valence-electron chi connectivity index (χ3n) is 7.30. The minimum Gasteiger partial charge on any atom is -0.486 e. The van der Waals surface area contributed by atoms with Crippen molar-refractivity contribution in [2.24, 2.45) is 5.92 Å². The summed E-state index contributed by atoms with van der Waals surface area (Å²) in [7, 11) is 0. The molecule has 6 heteroatoms. The third-order valence-corrected chi connectivity index (χ3v) is 7.48. The van der Waals surface area contributed by atoms with Crippen LogP contribution in [-0.4, -0.2) is 20.8 Å². The predicted octanol–water partition coefficient (Wildman–Crippen LogP) is 5.29. The van der Waals surface area contributed by atoms with Crippen LogP contribution in [0.3, 0.4) is 0 Å². The number of aromatic amines is 1. The van der Waals surface area contributed by atoms with Gasteiger partial charge in [0.1, 0.15) is 18.0 Å². The summed E-state index contributed by atoms with van der Waals surface area (Å²) >= 11 is 4.91. The van der Waals surface area contributed by atoms with E-state index < -0.39 is 5.60 Å². The van der Waals surface area contributed by atoms with Crippen molar-refractivity contribution in [3.8, 4) is 17.6 Å². The van der Waals surface area contributed by atoms with Gasteiger partial charge in [0.15, 0.2) is 5.82 Å². The fraction of sp³-hybridized carbons (Fsp3) is 0.407. The zero-order chi connectivity index (χ0) is 22.9. The summed E-state index contributed by atoms with van der Waals surface area (Å²) in [5.74, 6) is 7.82. The lowest BCUT2D eigenvalue weighted by atomic mass is 9.52. The average Bonchev–Trinajstić information content (AvgIpc) is 3.24. The molecule has 3 atom stereocenters. The maximum absolute atomic E-state index is 11.1. The van der Waals surface area contributed by atoms with E-state index in [9.17, 15) is 5.11 Å². The molecule has 0 bridgehead atoms. The second kappa shape index (κ2) is 8.81. The summed E-state index contributed by atoms with van der Waals surface area (Å²) in [5.41, 5.74) is 3.18. The minimum atomic E-state index is -0.877. The van der Waals surface area contributed by atoms with E-state index in [-0.39, 0.29) is 16.9 Å². The summed E-state index contributed by atoms with van der Waals surface area (Å²) in [6.07, 6.45) is 5.31. The number of benzene rings is 2. The molecular formula is C27H28N2O3S. The van der Waals surface area contributed by atoms with Gasteiger partial charge >= 0.3 is 4.84 Å². The number of ether oxygens (including phenoxy) is 1. The van der Waals surface area contributed by atoms with Crippen LogP contribution in [0.2, 0.25) is 0 Å². The number of aliphatic hydroxyl groups is 1. The highest BCUT2D eigenvalue weighted by atomic mass is 32.1. The lowest BCUT2D eigenvalue weighted by molar-refractivity contribution is -0.00805. The maximum atomic E-state index is 11.1. The van der Waals surface area contributed by atoms with Gasteiger partial charge in [-0.2, -0.15) is 4.98 Å². The number of hydrogen-bond donors (Lipinski definition) is 2. The van der Waals surface area contributed by atoms with Crippen molar-refractivity contribution in [1.82, 2.24) is 10.1 Å². The number of nitrogens with one attached hydrogen (secondary N) is 1. The number of nitrogens with zero attached hydrogens (tertiary/aromatic N) is 1. The normalized spacial score (nSPS) is 25.9. The van der Waals surface area contributed by atoms with Crippen molar-refractivity contribution >= 4 is 12.2 Å². The van der Waals surface area contributed by atoms with Gasteiger partial charge in [-0.25, -0.2) is 5.16 Å². The van der Waals surface area contributed by atoms with Crippen LogP contribution in [0.5, 0.6) is 5.75 Å². The number of fused-ring (bicyclic) bond motifs is 3. The first-order chi connectivity index (χ1) is 16.0. The number of rotatable bonds is 5. The van der Waals surface area contributed by atoms with E-state index in [1.807, 2.05) is 6.92 Å². The Balaban J connectivity index is 1.47. The Labute approximate surface area is 199 Å². The maximum Gasteiger partial charge on any atom is 0.314 e. The number of hydrogen-bond acceptors (Lipinski definition) is 5. The molecule has 1 heterocycles. The second-order valence-corrected chi connectivity index (χ2v) is 9.65. The number of aromatic nitrogens is 2. The van der Waals surface area contributed by atoms with E-state index in [0.29, 0.717) is 18.2 Å². The van der Waals surface area contributed by atoms with Crippen molar-refractivity contribution < 1.29 is 14.4 Å². The Hall–Kier alpha value is -2.88. The summed E-state index contributed by atoms with van der Waals surface area (Å²) in [6.45, 7) is 2.09. The van der Waals surface area contributed by atoms with Crippen molar-refractivity contribution in [2.45, 2.75) is 63.1 Å². The van der Waals surface area contributed by atoms with Crippen LogP contribution in [0, 0.1) is 22.6 Å². The van der Waals surface area contributed by atoms with Crippen LogP contribution in [0.15, 0.2) is 53.1 Å². The monoisotopic (exact) mass is 460 g/mol. The van der Waals surface area contributed by atoms with Crippen LogP contribution in [0.25, 0.3) is 0 Å². The van der Waals surface area contributed by atoms with Gasteiger partial charge in [-0.1, -0.05) is 42.3 Å². The summed E-state index contributed by atoms with van der Waals surface area (Å²) in [4.78, 5) is 4.27. The summed E-state index contributed by atoms with van der Waals surface area (Å²) in [6, 6.07) is 17.2. The van der Waals surface area contributed by atoms with Crippen LogP contribution < -0.4 is 4.74 Å². The molecule has 5 nitrogen and oxygen atoms in total. The van der Waals surface area contributed by atoms with Gasteiger partial charge in [-0.15, -0.1) is 5.92 Å². The van der Waals surface area contributed by atoms with Gasteiger partial charge in [0.05, 0.1) is 0 Å². The molecule has 0 aliphatic heterocycles. The molecule has 0 spiro atoms. The zero-order valence-corrected chi connectivity index (χ0v) is 19.6. The van der Waals surface area contributed by atoms with Gasteiger partial charge in [0.25, 0.3) is 0 Å². The molecule has 1 aromatic heterocycles. The Bertz CT molecular complexity index is 1260. The lowest BCUT2D eigenvalue weighted by Crippen LogP contribution is -2.50. The third kappa shape index (κ3) is 4.36. The number of H-pyrrole nitrogens is 1. The van der Waals surface area contributed by atoms with Crippen molar-refractivity contribution in [3.05, 3.63) is 75.9 Å². The van der Waals surface area contributed by atoms with Gasteiger partial charge in [0.2, 0.25) is 0 Å². The van der Waals surface area contributed by atoms with Gasteiger partial charge in [0, 0.05) is 5.41 Å². The van der Waals surface area contributed by atoms with E-state index in [4.69, 9.17) is 21.5 Å².